The first kappa shape index (κ1) is 37.2. The van der Waals surface area contributed by atoms with Crippen molar-refractivity contribution < 1.29 is 0 Å². The lowest BCUT2D eigenvalue weighted by molar-refractivity contribution is 1.08. The summed E-state index contributed by atoms with van der Waals surface area (Å²) in [6, 6.07) is 74.1. The zero-order valence-corrected chi connectivity index (χ0v) is 35.8. The second-order valence-electron chi connectivity index (χ2n) is 16.6. The van der Waals surface area contributed by atoms with Gasteiger partial charge >= 0.3 is 0 Å². The van der Waals surface area contributed by atoms with Gasteiger partial charge in [-0.05, 0) is 125 Å². The first-order valence-electron chi connectivity index (χ1n) is 21.8. The molecule has 0 N–H and O–H groups in total. The zero-order chi connectivity index (χ0) is 42.8. The lowest BCUT2D eigenvalue weighted by Gasteiger charge is -2.18. The van der Waals surface area contributed by atoms with E-state index in [1.54, 1.807) is 17.5 Å². The van der Waals surface area contributed by atoms with E-state index < -0.39 is 0 Å². The van der Waals surface area contributed by atoms with Crippen LogP contribution in [0.25, 0.3) is 131 Å². The topological polar surface area (TPSA) is 51.6 Å². The van der Waals surface area contributed by atoms with Crippen molar-refractivity contribution in [3.05, 3.63) is 219 Å². The molecule has 4 nitrogen and oxygen atoms in total. The van der Waals surface area contributed by atoms with Crippen LogP contribution >= 0.6 is 11.3 Å². The molecule has 302 valence electrons. The molecule has 0 aliphatic heterocycles. The minimum atomic E-state index is 0.608. The predicted molar refractivity (Wildman–Crippen MR) is 273 cm³/mol. The Balaban J connectivity index is 1.12. The lowest BCUT2D eigenvalue weighted by atomic mass is 9.87. The molecule has 5 heteroatoms. The van der Waals surface area contributed by atoms with Crippen LogP contribution in [-0.2, 0) is 0 Å². The predicted octanol–water partition coefficient (Wildman–Crippen LogP) is 16.2. The fourth-order valence-electron chi connectivity index (χ4n) is 9.72. The molecule has 3 heterocycles. The highest BCUT2D eigenvalue weighted by Gasteiger charge is 2.21. The van der Waals surface area contributed by atoms with E-state index in [4.69, 9.17) is 15.0 Å². The highest BCUT2D eigenvalue weighted by Crippen LogP contribution is 2.44. The summed E-state index contributed by atoms with van der Waals surface area (Å²) in [4.78, 5) is 20.6. The van der Waals surface area contributed by atoms with Gasteiger partial charge in [0.25, 0.3) is 0 Å². The second-order valence-corrected chi connectivity index (χ2v) is 17.6. The van der Waals surface area contributed by atoms with Gasteiger partial charge in [0.1, 0.15) is 0 Å². The largest absolute Gasteiger partial charge is 0.264 e. The van der Waals surface area contributed by atoms with Crippen molar-refractivity contribution in [1.29, 1.82) is 0 Å². The average Bonchev–Trinajstić information content (AvgIpc) is 3.76. The molecule has 13 aromatic rings. The molecule has 13 rings (SSSR count). The van der Waals surface area contributed by atoms with Crippen molar-refractivity contribution in [1.82, 2.24) is 19.9 Å². The number of hydrogen-bond donors (Lipinski definition) is 0. The first-order chi connectivity index (χ1) is 32.2. The van der Waals surface area contributed by atoms with Gasteiger partial charge in [0.05, 0.1) is 0 Å². The Kier molecular flexibility index (Phi) is 8.68. The number of fused-ring (bicyclic) bond motifs is 7. The number of nitrogens with zero attached hydrogens (tertiary/aromatic N) is 4. The van der Waals surface area contributed by atoms with Crippen LogP contribution in [0.5, 0.6) is 0 Å². The van der Waals surface area contributed by atoms with Gasteiger partial charge in [-0.3, -0.25) is 4.98 Å². The number of rotatable bonds is 6. The van der Waals surface area contributed by atoms with Crippen LogP contribution in [0.3, 0.4) is 0 Å². The maximum atomic E-state index is 5.48. The highest BCUT2D eigenvalue weighted by atomic mass is 32.1. The summed E-state index contributed by atoms with van der Waals surface area (Å²) in [6.45, 7) is 0. The molecule has 0 saturated heterocycles. The molecule has 3 aromatic heterocycles. The quantitative estimate of drug-likeness (QED) is 0.156. The monoisotopic (exact) mass is 844 g/mol. The van der Waals surface area contributed by atoms with Gasteiger partial charge in [-0.1, -0.05) is 158 Å². The molecule has 0 unspecified atom stereocenters. The van der Waals surface area contributed by atoms with E-state index in [0.29, 0.717) is 17.5 Å². The maximum absolute atomic E-state index is 5.48. The average molecular weight is 845 g/mol. The van der Waals surface area contributed by atoms with Crippen LogP contribution in [0, 0.1) is 0 Å². The highest BCUT2D eigenvalue weighted by molar-refractivity contribution is 7.26. The molecule has 0 saturated carbocycles. The van der Waals surface area contributed by atoms with Crippen LogP contribution in [0.1, 0.15) is 0 Å². The Hall–Kier alpha value is -8.38. The summed E-state index contributed by atoms with van der Waals surface area (Å²) in [5, 5.41) is 12.0. The minimum Gasteiger partial charge on any atom is -0.264 e. The van der Waals surface area contributed by atoms with Gasteiger partial charge in [-0.25, -0.2) is 15.0 Å². The number of benzene rings is 10. The summed E-state index contributed by atoms with van der Waals surface area (Å²) in [6.07, 6.45) is 3.69. The molecule has 0 aliphatic rings. The van der Waals surface area contributed by atoms with Crippen LogP contribution in [0.2, 0.25) is 0 Å². The van der Waals surface area contributed by atoms with E-state index in [0.717, 1.165) is 43.6 Å². The molecule has 65 heavy (non-hydrogen) atoms. The molecule has 0 amide bonds. The Bertz CT molecular complexity index is 3760. The standard InChI is InChI=1S/C60H36N4S/c1-5-18-47-39(13-1)31-40-14-2-6-19-48(40)55(47)44-33-45(56-49-20-7-3-15-41(49)32-42-16-4-8-21-50(42)56)35-46(34-44)59-62-58(38-28-26-37(27-29-38)43-17-12-30-61-36-43)63-60(64-59)53-24-11-23-52-51-22-9-10-25-54(51)65-57(52)53/h1-36H. The zero-order valence-electron chi connectivity index (χ0n) is 35.0. The lowest BCUT2D eigenvalue weighted by Crippen LogP contribution is -2.01. The summed E-state index contributed by atoms with van der Waals surface area (Å²) in [5.41, 5.74) is 9.49. The van der Waals surface area contributed by atoms with E-state index in [-0.39, 0.29) is 0 Å². The van der Waals surface area contributed by atoms with E-state index in [1.165, 1.54) is 69.7 Å². The molecular formula is C60H36N4S. The summed E-state index contributed by atoms with van der Waals surface area (Å²) in [7, 11) is 0. The molecule has 0 aliphatic carbocycles. The molecule has 0 radical (unpaired) electrons. The third kappa shape index (κ3) is 6.36. The molecule has 0 bridgehead atoms. The van der Waals surface area contributed by atoms with Crippen LogP contribution < -0.4 is 0 Å². The molecule has 10 aromatic carbocycles. The van der Waals surface area contributed by atoms with Gasteiger partial charge in [0.15, 0.2) is 17.5 Å². The van der Waals surface area contributed by atoms with Crippen LogP contribution in [0.15, 0.2) is 219 Å². The normalized spacial score (nSPS) is 11.7. The molecular weight excluding hydrogens is 809 g/mol. The first-order valence-corrected chi connectivity index (χ1v) is 22.7. The number of thiophene rings is 1. The van der Waals surface area contributed by atoms with E-state index >= 15 is 0 Å². The Morgan fingerprint density at radius 2 is 0.785 bits per heavy atom. The maximum Gasteiger partial charge on any atom is 0.165 e. The van der Waals surface area contributed by atoms with Crippen molar-refractivity contribution in [2.75, 3.05) is 0 Å². The number of pyridine rings is 1. The van der Waals surface area contributed by atoms with Crippen molar-refractivity contribution in [3.8, 4) is 67.5 Å². The van der Waals surface area contributed by atoms with Crippen LogP contribution in [-0.4, -0.2) is 19.9 Å². The van der Waals surface area contributed by atoms with E-state index in [1.807, 2.05) is 12.3 Å². The van der Waals surface area contributed by atoms with Gasteiger partial charge in [0, 0.05) is 49.3 Å². The van der Waals surface area contributed by atoms with Gasteiger partial charge in [0.2, 0.25) is 0 Å². The molecule has 0 fully saturated rings. The van der Waals surface area contributed by atoms with Gasteiger partial charge < -0.3 is 0 Å². The minimum absolute atomic E-state index is 0.608. The third-order valence-corrected chi connectivity index (χ3v) is 13.9. The van der Waals surface area contributed by atoms with E-state index in [2.05, 4.69) is 205 Å². The van der Waals surface area contributed by atoms with Gasteiger partial charge in [-0.2, -0.15) is 0 Å². The fourth-order valence-corrected chi connectivity index (χ4v) is 10.9. The van der Waals surface area contributed by atoms with Crippen molar-refractivity contribution in [3.63, 3.8) is 0 Å². The third-order valence-electron chi connectivity index (χ3n) is 12.7. The van der Waals surface area contributed by atoms with Crippen molar-refractivity contribution in [2.24, 2.45) is 0 Å². The Morgan fingerprint density at radius 1 is 0.308 bits per heavy atom. The SMILES string of the molecule is c1cncc(-c2ccc(-c3nc(-c4cc(-c5c6ccccc6cc6ccccc56)cc(-c5c6ccccc6cc6ccccc56)c4)nc(-c4cccc5c4sc4ccccc45)n3)cc2)c1. The molecule has 0 atom stereocenters. The number of hydrogen-bond acceptors (Lipinski definition) is 5. The summed E-state index contributed by atoms with van der Waals surface area (Å²) < 4.78 is 2.39. The Labute approximate surface area is 378 Å². The summed E-state index contributed by atoms with van der Waals surface area (Å²) >= 11 is 1.78. The van der Waals surface area contributed by atoms with Crippen LogP contribution in [0.4, 0.5) is 0 Å². The van der Waals surface area contributed by atoms with E-state index in [9.17, 15) is 0 Å². The fraction of sp³-hybridized carbons (Fsp3) is 0. The van der Waals surface area contributed by atoms with Gasteiger partial charge in [-0.15, -0.1) is 11.3 Å². The van der Waals surface area contributed by atoms with Crippen molar-refractivity contribution in [2.45, 2.75) is 0 Å². The number of aromatic nitrogens is 4. The smallest absolute Gasteiger partial charge is 0.165 e. The Morgan fingerprint density at radius 3 is 1.35 bits per heavy atom. The molecule has 0 spiro atoms. The van der Waals surface area contributed by atoms with Crippen molar-refractivity contribution >= 4 is 74.6 Å². The summed E-state index contributed by atoms with van der Waals surface area (Å²) in [5.74, 6) is 1.85. The second kappa shape index (κ2) is 15.2.